The zero-order chi connectivity index (χ0) is 17.3. The third kappa shape index (κ3) is 8.76. The topological polar surface area (TPSA) is 68.3 Å². The van der Waals surface area contributed by atoms with Crippen LogP contribution in [0.4, 0.5) is 4.79 Å². The van der Waals surface area contributed by atoms with Crippen LogP contribution in [0.5, 0.6) is 0 Å². The predicted octanol–water partition coefficient (Wildman–Crippen LogP) is 1.51. The normalized spacial score (nSPS) is 16.8. The van der Waals surface area contributed by atoms with Gasteiger partial charge >= 0.3 is 12.1 Å². The van der Waals surface area contributed by atoms with Gasteiger partial charge in [0.1, 0.15) is 12.2 Å². The molecule has 1 heterocycles. The minimum Gasteiger partial charge on any atom is -0.464 e. The van der Waals surface area contributed by atoms with Crippen LogP contribution in [0.1, 0.15) is 34.1 Å². The van der Waals surface area contributed by atoms with Gasteiger partial charge in [-0.25, -0.2) is 9.59 Å². The van der Waals surface area contributed by atoms with Gasteiger partial charge in [-0.1, -0.05) is 0 Å². The highest BCUT2D eigenvalue weighted by molar-refractivity contribution is 5.70. The highest BCUT2D eigenvalue weighted by Gasteiger charge is 2.24. The molecule has 1 aliphatic heterocycles. The number of hydrogen-bond acceptors (Lipinski definition) is 6. The molecule has 1 fully saturated rings. The molecule has 23 heavy (non-hydrogen) atoms. The van der Waals surface area contributed by atoms with E-state index in [1.807, 2.05) is 20.8 Å². The van der Waals surface area contributed by atoms with Crippen molar-refractivity contribution < 1.29 is 23.8 Å². The van der Waals surface area contributed by atoms with Crippen molar-refractivity contribution in [2.45, 2.75) is 39.7 Å². The summed E-state index contributed by atoms with van der Waals surface area (Å²) in [5, 5.41) is 0. The van der Waals surface area contributed by atoms with E-state index < -0.39 is 5.60 Å². The number of esters is 1. The number of amides is 1. The molecule has 0 aromatic rings. The van der Waals surface area contributed by atoms with Gasteiger partial charge < -0.3 is 19.1 Å². The fourth-order valence-corrected chi connectivity index (χ4v) is 2.26. The van der Waals surface area contributed by atoms with Crippen molar-refractivity contribution in [3.8, 4) is 0 Å². The first-order valence-electron chi connectivity index (χ1n) is 8.25. The lowest BCUT2D eigenvalue weighted by molar-refractivity contribution is -0.148. The van der Waals surface area contributed by atoms with Crippen LogP contribution in [0, 0.1) is 0 Å². The summed E-state index contributed by atoms with van der Waals surface area (Å²) in [6.45, 7) is 12.0. The molecule has 1 amide bonds. The Morgan fingerprint density at radius 1 is 1.09 bits per heavy atom. The van der Waals surface area contributed by atoms with Crippen molar-refractivity contribution in [3.05, 3.63) is 0 Å². The van der Waals surface area contributed by atoms with Gasteiger partial charge in [0.15, 0.2) is 0 Å². The van der Waals surface area contributed by atoms with Crippen LogP contribution in [-0.4, -0.2) is 80.0 Å². The second kappa shape index (κ2) is 9.72. The molecule has 134 valence electrons. The van der Waals surface area contributed by atoms with Gasteiger partial charge in [-0.05, 0) is 40.7 Å². The van der Waals surface area contributed by atoms with E-state index in [0.29, 0.717) is 26.3 Å². The Kier molecular flexibility index (Phi) is 8.33. The first-order valence-corrected chi connectivity index (χ1v) is 8.25. The maximum atomic E-state index is 12.1. The summed E-state index contributed by atoms with van der Waals surface area (Å²) in [6.07, 6.45) is 0.648. The number of nitrogens with zero attached hydrogens (tertiary/aromatic N) is 2. The lowest BCUT2D eigenvalue weighted by atomic mass is 10.2. The third-order valence-corrected chi connectivity index (χ3v) is 3.32. The molecule has 0 N–H and O–H groups in total. The molecule has 7 nitrogen and oxygen atoms in total. The highest BCUT2D eigenvalue weighted by atomic mass is 16.6. The minimum absolute atomic E-state index is 0.00822. The van der Waals surface area contributed by atoms with E-state index >= 15 is 0 Å². The molecule has 1 rings (SSSR count). The summed E-state index contributed by atoms with van der Waals surface area (Å²) in [5.74, 6) is -0.334. The van der Waals surface area contributed by atoms with Crippen LogP contribution in [-0.2, 0) is 19.0 Å². The average molecular weight is 330 g/mol. The lowest BCUT2D eigenvalue weighted by Crippen LogP contribution is -2.39. The second-order valence-corrected chi connectivity index (χ2v) is 6.52. The fraction of sp³-hybridized carbons (Fsp3) is 0.875. The number of carbonyl (C=O) groups excluding carboxylic acids is 2. The predicted molar refractivity (Wildman–Crippen MR) is 86.3 cm³/mol. The smallest absolute Gasteiger partial charge is 0.410 e. The van der Waals surface area contributed by atoms with Gasteiger partial charge in [0.25, 0.3) is 0 Å². The number of hydrogen-bond donors (Lipinski definition) is 0. The van der Waals surface area contributed by atoms with E-state index in [9.17, 15) is 9.59 Å². The molecule has 0 bridgehead atoms. The zero-order valence-corrected chi connectivity index (χ0v) is 14.8. The molecule has 0 radical (unpaired) electrons. The average Bonchev–Trinajstić information content (AvgIpc) is 2.68. The molecule has 0 saturated carbocycles. The van der Waals surface area contributed by atoms with Crippen LogP contribution >= 0.6 is 0 Å². The molecule has 0 aliphatic carbocycles. The van der Waals surface area contributed by atoms with Crippen LogP contribution in [0.3, 0.4) is 0 Å². The van der Waals surface area contributed by atoms with E-state index in [0.717, 1.165) is 26.1 Å². The zero-order valence-electron chi connectivity index (χ0n) is 14.8. The van der Waals surface area contributed by atoms with Gasteiger partial charge in [-0.3, -0.25) is 4.90 Å². The SMILES string of the molecule is CCOC(=O)COCCN1CCCN(C(=O)OC(C)(C)C)CC1. The van der Waals surface area contributed by atoms with E-state index in [2.05, 4.69) is 4.90 Å². The minimum atomic E-state index is -0.468. The Morgan fingerprint density at radius 3 is 2.48 bits per heavy atom. The Morgan fingerprint density at radius 2 is 1.83 bits per heavy atom. The van der Waals surface area contributed by atoms with Gasteiger partial charge in [-0.2, -0.15) is 0 Å². The molecule has 0 aromatic heterocycles. The third-order valence-electron chi connectivity index (χ3n) is 3.32. The molecular formula is C16H30N2O5. The maximum absolute atomic E-state index is 12.1. The first kappa shape index (κ1) is 19.7. The Labute approximate surface area is 138 Å². The summed E-state index contributed by atoms with van der Waals surface area (Å²) in [7, 11) is 0. The highest BCUT2D eigenvalue weighted by Crippen LogP contribution is 2.12. The van der Waals surface area contributed by atoms with Gasteiger partial charge in [-0.15, -0.1) is 0 Å². The summed E-state index contributed by atoms with van der Waals surface area (Å²) >= 11 is 0. The molecule has 0 spiro atoms. The Hall–Kier alpha value is -1.34. The van der Waals surface area contributed by atoms with Crippen LogP contribution in [0.2, 0.25) is 0 Å². The van der Waals surface area contributed by atoms with Gasteiger partial charge in [0.05, 0.1) is 13.2 Å². The molecule has 1 aliphatic rings. The van der Waals surface area contributed by atoms with Gasteiger partial charge in [0, 0.05) is 26.2 Å². The van der Waals surface area contributed by atoms with E-state index in [-0.39, 0.29) is 18.7 Å². The van der Waals surface area contributed by atoms with E-state index in [1.54, 1.807) is 11.8 Å². The number of carbonyl (C=O) groups is 2. The van der Waals surface area contributed by atoms with Crippen LogP contribution in [0.15, 0.2) is 0 Å². The molecule has 0 aromatic carbocycles. The van der Waals surface area contributed by atoms with Gasteiger partial charge in [0.2, 0.25) is 0 Å². The lowest BCUT2D eigenvalue weighted by Gasteiger charge is -2.26. The maximum Gasteiger partial charge on any atom is 0.410 e. The van der Waals surface area contributed by atoms with Crippen LogP contribution < -0.4 is 0 Å². The summed E-state index contributed by atoms with van der Waals surface area (Å²) in [5.41, 5.74) is -0.468. The number of ether oxygens (including phenoxy) is 3. The van der Waals surface area contributed by atoms with Crippen molar-refractivity contribution in [1.82, 2.24) is 9.80 Å². The summed E-state index contributed by atoms with van der Waals surface area (Å²) < 4.78 is 15.5. The summed E-state index contributed by atoms with van der Waals surface area (Å²) in [6, 6.07) is 0. The van der Waals surface area contributed by atoms with Crippen LogP contribution in [0.25, 0.3) is 0 Å². The Balaban J connectivity index is 2.24. The largest absolute Gasteiger partial charge is 0.464 e. The Bertz CT molecular complexity index is 381. The van der Waals surface area contributed by atoms with E-state index in [4.69, 9.17) is 14.2 Å². The summed E-state index contributed by atoms with van der Waals surface area (Å²) in [4.78, 5) is 27.2. The van der Waals surface area contributed by atoms with Crippen molar-refractivity contribution in [2.75, 3.05) is 52.5 Å². The standard InChI is InChI=1S/C16H30N2O5/c1-5-22-14(19)13-21-12-11-17-7-6-8-18(10-9-17)15(20)23-16(2,3)4/h5-13H2,1-4H3. The molecule has 0 atom stereocenters. The second-order valence-electron chi connectivity index (χ2n) is 6.52. The fourth-order valence-electron chi connectivity index (χ4n) is 2.26. The molecule has 0 unspecified atom stereocenters. The van der Waals surface area contributed by atoms with Crippen molar-refractivity contribution in [3.63, 3.8) is 0 Å². The first-order chi connectivity index (χ1) is 10.8. The quantitative estimate of drug-likeness (QED) is 0.543. The molecular weight excluding hydrogens is 300 g/mol. The van der Waals surface area contributed by atoms with Crippen molar-refractivity contribution in [2.24, 2.45) is 0 Å². The molecule has 1 saturated heterocycles. The monoisotopic (exact) mass is 330 g/mol. The number of rotatable bonds is 6. The van der Waals surface area contributed by atoms with Crippen molar-refractivity contribution in [1.29, 1.82) is 0 Å². The van der Waals surface area contributed by atoms with Crippen molar-refractivity contribution >= 4 is 12.1 Å². The molecule has 7 heteroatoms. The van der Waals surface area contributed by atoms with E-state index in [1.165, 1.54) is 0 Å².